The molecule has 0 amide bonds. The third-order valence-electron chi connectivity index (χ3n) is 3.47. The van der Waals surface area contributed by atoms with E-state index in [1.165, 1.54) is 5.69 Å². The van der Waals surface area contributed by atoms with Crippen LogP contribution in [0.25, 0.3) is 0 Å². The minimum absolute atomic E-state index is 0.579. The van der Waals surface area contributed by atoms with Crippen molar-refractivity contribution in [3.05, 3.63) is 54.4 Å². The van der Waals surface area contributed by atoms with Crippen molar-refractivity contribution in [2.75, 3.05) is 31.1 Å². The number of aromatic nitrogens is 1. The molecule has 0 atom stereocenters. The van der Waals surface area contributed by atoms with Gasteiger partial charge in [0.1, 0.15) is 12.4 Å². The molecule has 4 nitrogen and oxygen atoms in total. The van der Waals surface area contributed by atoms with E-state index in [-0.39, 0.29) is 0 Å². The first kappa shape index (κ1) is 12.9. The van der Waals surface area contributed by atoms with Crippen LogP contribution < -0.4 is 15.0 Å². The quantitative estimate of drug-likeness (QED) is 0.922. The SMILES string of the molecule is c1cc(COc2ccc(N3CCNCC3)cc2)ccn1. The fraction of sp³-hybridized carbons (Fsp3) is 0.312. The summed E-state index contributed by atoms with van der Waals surface area (Å²) in [6.45, 7) is 4.82. The van der Waals surface area contributed by atoms with Crippen LogP contribution in [-0.2, 0) is 6.61 Å². The molecule has 0 saturated carbocycles. The fourth-order valence-electron chi connectivity index (χ4n) is 2.32. The molecule has 0 unspecified atom stereocenters. The highest BCUT2D eigenvalue weighted by molar-refractivity contribution is 5.49. The second kappa shape index (κ2) is 6.39. The molecule has 1 aromatic heterocycles. The molecule has 0 aliphatic carbocycles. The van der Waals surface area contributed by atoms with E-state index in [0.717, 1.165) is 37.5 Å². The van der Waals surface area contributed by atoms with E-state index in [1.54, 1.807) is 12.4 Å². The van der Waals surface area contributed by atoms with Gasteiger partial charge in [0.2, 0.25) is 0 Å². The van der Waals surface area contributed by atoms with E-state index >= 15 is 0 Å². The van der Waals surface area contributed by atoms with Gasteiger partial charge < -0.3 is 15.0 Å². The first-order chi connectivity index (χ1) is 9.92. The zero-order valence-corrected chi connectivity index (χ0v) is 11.5. The molecule has 1 aliphatic rings. The lowest BCUT2D eigenvalue weighted by Gasteiger charge is -2.29. The van der Waals surface area contributed by atoms with Crippen molar-refractivity contribution in [1.29, 1.82) is 0 Å². The number of piperazine rings is 1. The molecule has 1 aliphatic heterocycles. The zero-order valence-electron chi connectivity index (χ0n) is 11.5. The van der Waals surface area contributed by atoms with Gasteiger partial charge in [-0.05, 0) is 42.0 Å². The average Bonchev–Trinajstić information content (AvgIpc) is 2.55. The van der Waals surface area contributed by atoms with E-state index in [2.05, 4.69) is 27.3 Å². The van der Waals surface area contributed by atoms with Crippen molar-refractivity contribution in [2.24, 2.45) is 0 Å². The molecule has 1 saturated heterocycles. The average molecular weight is 269 g/mol. The number of nitrogens with zero attached hydrogens (tertiary/aromatic N) is 2. The van der Waals surface area contributed by atoms with Crippen molar-refractivity contribution >= 4 is 5.69 Å². The fourth-order valence-corrected chi connectivity index (χ4v) is 2.32. The van der Waals surface area contributed by atoms with Gasteiger partial charge in [-0.2, -0.15) is 0 Å². The van der Waals surface area contributed by atoms with E-state index in [1.807, 2.05) is 24.3 Å². The van der Waals surface area contributed by atoms with E-state index in [0.29, 0.717) is 6.61 Å². The molecule has 0 radical (unpaired) electrons. The van der Waals surface area contributed by atoms with Gasteiger partial charge in [0, 0.05) is 44.3 Å². The highest BCUT2D eigenvalue weighted by Gasteiger charge is 2.09. The van der Waals surface area contributed by atoms with Crippen LogP contribution in [0.2, 0.25) is 0 Å². The van der Waals surface area contributed by atoms with Crippen LogP contribution in [0.1, 0.15) is 5.56 Å². The third kappa shape index (κ3) is 3.27. The van der Waals surface area contributed by atoms with E-state index in [9.17, 15) is 0 Å². The van der Waals surface area contributed by atoms with Gasteiger partial charge in [0.25, 0.3) is 0 Å². The smallest absolute Gasteiger partial charge is 0.119 e. The molecular formula is C16H19N3O. The number of benzene rings is 1. The molecule has 3 rings (SSSR count). The number of ether oxygens (including phenoxy) is 1. The number of hydrogen-bond donors (Lipinski definition) is 1. The van der Waals surface area contributed by atoms with Crippen molar-refractivity contribution in [1.82, 2.24) is 10.3 Å². The Morgan fingerprint density at radius 1 is 1.00 bits per heavy atom. The Kier molecular flexibility index (Phi) is 4.13. The van der Waals surface area contributed by atoms with Gasteiger partial charge in [0.15, 0.2) is 0 Å². The molecule has 1 aromatic carbocycles. The molecule has 20 heavy (non-hydrogen) atoms. The van der Waals surface area contributed by atoms with Crippen LogP contribution in [0.15, 0.2) is 48.8 Å². The number of pyridine rings is 1. The number of rotatable bonds is 4. The summed E-state index contributed by atoms with van der Waals surface area (Å²) in [7, 11) is 0. The molecule has 4 heteroatoms. The molecule has 1 fully saturated rings. The van der Waals surface area contributed by atoms with Crippen LogP contribution in [0.5, 0.6) is 5.75 Å². The third-order valence-corrected chi connectivity index (χ3v) is 3.47. The van der Waals surface area contributed by atoms with Crippen LogP contribution >= 0.6 is 0 Å². The maximum atomic E-state index is 5.78. The summed E-state index contributed by atoms with van der Waals surface area (Å²) >= 11 is 0. The number of anilines is 1. The summed E-state index contributed by atoms with van der Waals surface area (Å²) in [5.74, 6) is 0.903. The summed E-state index contributed by atoms with van der Waals surface area (Å²) < 4.78 is 5.78. The molecule has 0 spiro atoms. The van der Waals surface area contributed by atoms with Gasteiger partial charge in [-0.15, -0.1) is 0 Å². The Balaban J connectivity index is 1.58. The predicted molar refractivity (Wildman–Crippen MR) is 80.1 cm³/mol. The van der Waals surface area contributed by atoms with Crippen LogP contribution in [-0.4, -0.2) is 31.2 Å². The Morgan fingerprint density at radius 2 is 1.70 bits per heavy atom. The van der Waals surface area contributed by atoms with Crippen molar-refractivity contribution in [2.45, 2.75) is 6.61 Å². The highest BCUT2D eigenvalue weighted by atomic mass is 16.5. The lowest BCUT2D eigenvalue weighted by atomic mass is 10.2. The first-order valence-electron chi connectivity index (χ1n) is 6.99. The monoisotopic (exact) mass is 269 g/mol. The topological polar surface area (TPSA) is 37.4 Å². The first-order valence-corrected chi connectivity index (χ1v) is 6.99. The summed E-state index contributed by atoms with van der Waals surface area (Å²) in [6.07, 6.45) is 3.57. The maximum absolute atomic E-state index is 5.78. The number of hydrogen-bond acceptors (Lipinski definition) is 4. The minimum atomic E-state index is 0.579. The highest BCUT2D eigenvalue weighted by Crippen LogP contribution is 2.20. The summed E-state index contributed by atoms with van der Waals surface area (Å²) in [5.41, 5.74) is 2.40. The summed E-state index contributed by atoms with van der Waals surface area (Å²) in [5, 5.41) is 3.36. The van der Waals surface area contributed by atoms with E-state index in [4.69, 9.17) is 4.74 Å². The lowest BCUT2D eigenvalue weighted by Crippen LogP contribution is -2.43. The molecule has 0 bridgehead atoms. The minimum Gasteiger partial charge on any atom is -0.489 e. The second-order valence-electron chi connectivity index (χ2n) is 4.88. The van der Waals surface area contributed by atoms with Crippen LogP contribution in [0.4, 0.5) is 5.69 Å². The Morgan fingerprint density at radius 3 is 2.40 bits per heavy atom. The maximum Gasteiger partial charge on any atom is 0.119 e. The Bertz CT molecular complexity index is 521. The number of nitrogens with one attached hydrogen (secondary N) is 1. The van der Waals surface area contributed by atoms with Gasteiger partial charge in [-0.1, -0.05) is 0 Å². The second-order valence-corrected chi connectivity index (χ2v) is 4.88. The lowest BCUT2D eigenvalue weighted by molar-refractivity contribution is 0.306. The van der Waals surface area contributed by atoms with E-state index < -0.39 is 0 Å². The van der Waals surface area contributed by atoms with Crippen molar-refractivity contribution < 1.29 is 4.74 Å². The van der Waals surface area contributed by atoms with Crippen molar-refractivity contribution in [3.8, 4) is 5.75 Å². The molecule has 104 valence electrons. The molecule has 2 aromatic rings. The van der Waals surface area contributed by atoms with Gasteiger partial charge in [-0.25, -0.2) is 0 Å². The summed E-state index contributed by atoms with van der Waals surface area (Å²) in [4.78, 5) is 6.39. The van der Waals surface area contributed by atoms with Gasteiger partial charge in [0.05, 0.1) is 0 Å². The normalized spacial score (nSPS) is 15.1. The van der Waals surface area contributed by atoms with Crippen LogP contribution in [0, 0.1) is 0 Å². The van der Waals surface area contributed by atoms with Gasteiger partial charge >= 0.3 is 0 Å². The standard InChI is InChI=1S/C16H19N3O/c1-3-16(20-13-14-5-7-17-8-6-14)4-2-15(1)19-11-9-18-10-12-19/h1-8,18H,9-13H2. The zero-order chi connectivity index (χ0) is 13.6. The van der Waals surface area contributed by atoms with Gasteiger partial charge in [-0.3, -0.25) is 4.98 Å². The predicted octanol–water partition coefficient (Wildman–Crippen LogP) is 2.07. The largest absolute Gasteiger partial charge is 0.489 e. The Labute approximate surface area is 119 Å². The molecular weight excluding hydrogens is 250 g/mol. The molecule has 1 N–H and O–H groups in total. The summed E-state index contributed by atoms with van der Waals surface area (Å²) in [6, 6.07) is 12.3. The molecule has 2 heterocycles. The van der Waals surface area contributed by atoms with Crippen LogP contribution in [0.3, 0.4) is 0 Å². The van der Waals surface area contributed by atoms with Crippen molar-refractivity contribution in [3.63, 3.8) is 0 Å². The Hall–Kier alpha value is -2.07.